The number of benzene rings is 2. The first-order chi connectivity index (χ1) is 14.4. The van der Waals surface area contributed by atoms with Crippen LogP contribution < -0.4 is 4.74 Å². The Labute approximate surface area is 172 Å². The molecule has 0 saturated carbocycles. The summed E-state index contributed by atoms with van der Waals surface area (Å²) in [5.74, 6) is -0.390. The number of rotatable bonds is 4. The molecule has 0 spiro atoms. The van der Waals surface area contributed by atoms with E-state index in [-0.39, 0.29) is 23.1 Å². The molecular weight excluding hydrogens is 392 g/mol. The van der Waals surface area contributed by atoms with E-state index in [0.717, 1.165) is 10.9 Å². The Morgan fingerprint density at radius 3 is 2.30 bits per heavy atom. The number of ether oxygens (including phenoxy) is 1. The average molecular weight is 413 g/mol. The number of para-hydroxylation sites is 1. The second-order valence-electron chi connectivity index (χ2n) is 7.16. The summed E-state index contributed by atoms with van der Waals surface area (Å²) in [5, 5.41) is 0.902. The normalized spacial score (nSPS) is 14.4. The van der Waals surface area contributed by atoms with Gasteiger partial charge in [-0.25, -0.2) is 0 Å². The number of alkyl halides is 2. The van der Waals surface area contributed by atoms with Crippen molar-refractivity contribution in [1.82, 2.24) is 14.4 Å². The maximum Gasteiger partial charge on any atom is 0.387 e. The number of piperazine rings is 1. The number of nitrogens with zero attached hydrogens (tertiary/aromatic N) is 3. The Balaban J connectivity index is 1.43. The van der Waals surface area contributed by atoms with Crippen LogP contribution in [-0.2, 0) is 7.05 Å². The first-order valence-electron chi connectivity index (χ1n) is 9.61. The Morgan fingerprint density at radius 1 is 0.933 bits per heavy atom. The highest BCUT2D eigenvalue weighted by Gasteiger charge is 2.27. The van der Waals surface area contributed by atoms with E-state index in [2.05, 4.69) is 4.74 Å². The van der Waals surface area contributed by atoms with E-state index < -0.39 is 6.61 Å². The standard InChI is InChI=1S/C22H21F2N3O3/c1-25-14-18(17-7-2-3-8-19(17)25)21(29)27-11-9-26(10-12-27)20(28)15-5-4-6-16(13-15)30-22(23)24/h2-8,13-14,22H,9-12H2,1H3. The van der Waals surface area contributed by atoms with Crippen molar-refractivity contribution in [3.63, 3.8) is 0 Å². The number of halogens is 2. The van der Waals surface area contributed by atoms with E-state index in [9.17, 15) is 18.4 Å². The van der Waals surface area contributed by atoms with E-state index in [0.29, 0.717) is 31.7 Å². The van der Waals surface area contributed by atoms with E-state index in [1.54, 1.807) is 15.9 Å². The molecule has 1 aliphatic rings. The summed E-state index contributed by atoms with van der Waals surface area (Å²) in [6.07, 6.45) is 1.83. The summed E-state index contributed by atoms with van der Waals surface area (Å²) < 4.78 is 31.1. The van der Waals surface area contributed by atoms with E-state index >= 15 is 0 Å². The highest BCUT2D eigenvalue weighted by atomic mass is 19.3. The molecule has 2 amide bonds. The molecular formula is C22H21F2N3O3. The molecule has 2 heterocycles. The van der Waals surface area contributed by atoms with Crippen LogP contribution in [0.5, 0.6) is 5.75 Å². The molecule has 1 fully saturated rings. The number of hydrogen-bond acceptors (Lipinski definition) is 3. The van der Waals surface area contributed by atoms with Crippen LogP contribution >= 0.6 is 0 Å². The van der Waals surface area contributed by atoms with Crippen molar-refractivity contribution in [2.75, 3.05) is 26.2 Å². The van der Waals surface area contributed by atoms with Crippen molar-refractivity contribution in [1.29, 1.82) is 0 Å². The zero-order chi connectivity index (χ0) is 21.3. The molecule has 0 radical (unpaired) electrons. The second-order valence-corrected chi connectivity index (χ2v) is 7.16. The number of aromatic nitrogens is 1. The van der Waals surface area contributed by atoms with Gasteiger partial charge in [-0.2, -0.15) is 8.78 Å². The predicted molar refractivity (Wildman–Crippen MR) is 108 cm³/mol. The molecule has 4 rings (SSSR count). The third-order valence-corrected chi connectivity index (χ3v) is 5.29. The molecule has 0 atom stereocenters. The molecule has 8 heteroatoms. The van der Waals surface area contributed by atoms with Crippen molar-refractivity contribution >= 4 is 22.7 Å². The quantitative estimate of drug-likeness (QED) is 0.659. The van der Waals surface area contributed by atoms with Crippen LogP contribution in [0.15, 0.2) is 54.7 Å². The minimum absolute atomic E-state index is 0.0550. The summed E-state index contributed by atoms with van der Waals surface area (Å²) in [7, 11) is 1.90. The van der Waals surface area contributed by atoms with Crippen LogP contribution in [-0.4, -0.2) is 59.0 Å². The zero-order valence-corrected chi connectivity index (χ0v) is 16.4. The molecule has 1 aromatic heterocycles. The largest absolute Gasteiger partial charge is 0.435 e. The number of aryl methyl sites for hydroxylation is 1. The SMILES string of the molecule is Cn1cc(C(=O)N2CCN(C(=O)c3cccc(OC(F)F)c3)CC2)c2ccccc21. The molecule has 0 bridgehead atoms. The molecule has 156 valence electrons. The third-order valence-electron chi connectivity index (χ3n) is 5.29. The number of hydrogen-bond donors (Lipinski definition) is 0. The Morgan fingerprint density at radius 2 is 1.60 bits per heavy atom. The van der Waals surface area contributed by atoms with Gasteiger partial charge in [-0.1, -0.05) is 24.3 Å². The number of amides is 2. The average Bonchev–Trinajstić information content (AvgIpc) is 3.09. The maximum absolute atomic E-state index is 13.0. The Hall–Kier alpha value is -3.42. The molecule has 6 nitrogen and oxygen atoms in total. The van der Waals surface area contributed by atoms with Gasteiger partial charge in [-0.15, -0.1) is 0 Å². The summed E-state index contributed by atoms with van der Waals surface area (Å²) >= 11 is 0. The van der Waals surface area contributed by atoms with Crippen LogP contribution in [0, 0.1) is 0 Å². The summed E-state index contributed by atoms with van der Waals surface area (Å²) in [5.41, 5.74) is 1.91. The lowest BCUT2D eigenvalue weighted by Crippen LogP contribution is -2.50. The van der Waals surface area contributed by atoms with Crippen molar-refractivity contribution in [2.24, 2.45) is 7.05 Å². The lowest BCUT2D eigenvalue weighted by atomic mass is 10.1. The number of carbonyl (C=O) groups is 2. The smallest absolute Gasteiger partial charge is 0.387 e. The fourth-order valence-corrected chi connectivity index (χ4v) is 3.78. The molecule has 1 aliphatic heterocycles. The molecule has 1 saturated heterocycles. The van der Waals surface area contributed by atoms with E-state index in [4.69, 9.17) is 0 Å². The third kappa shape index (κ3) is 3.85. The maximum atomic E-state index is 13.0. The van der Waals surface area contributed by atoms with Crippen molar-refractivity contribution in [3.8, 4) is 5.75 Å². The van der Waals surface area contributed by atoms with Crippen LogP contribution in [0.25, 0.3) is 10.9 Å². The summed E-state index contributed by atoms with van der Waals surface area (Å²) in [6, 6.07) is 13.5. The van der Waals surface area contributed by atoms with E-state index in [1.807, 2.05) is 42.1 Å². The molecule has 2 aromatic carbocycles. The molecule has 0 aliphatic carbocycles. The molecule has 0 N–H and O–H groups in total. The van der Waals surface area contributed by atoms with Gasteiger partial charge >= 0.3 is 6.61 Å². The lowest BCUT2D eigenvalue weighted by molar-refractivity contribution is -0.0499. The fourth-order valence-electron chi connectivity index (χ4n) is 3.78. The van der Waals surface area contributed by atoms with Gasteiger partial charge in [0.05, 0.1) is 5.56 Å². The van der Waals surface area contributed by atoms with Gasteiger partial charge < -0.3 is 19.1 Å². The van der Waals surface area contributed by atoms with Gasteiger partial charge in [0.25, 0.3) is 11.8 Å². The van der Waals surface area contributed by atoms with Crippen molar-refractivity contribution in [3.05, 3.63) is 65.9 Å². The van der Waals surface area contributed by atoms with Gasteiger partial charge in [0.2, 0.25) is 0 Å². The highest BCUT2D eigenvalue weighted by molar-refractivity contribution is 6.07. The fraction of sp³-hybridized carbons (Fsp3) is 0.273. The topological polar surface area (TPSA) is 54.8 Å². The number of fused-ring (bicyclic) bond motifs is 1. The van der Waals surface area contributed by atoms with E-state index in [1.165, 1.54) is 18.2 Å². The van der Waals surface area contributed by atoms with Crippen molar-refractivity contribution in [2.45, 2.75) is 6.61 Å². The Bertz CT molecular complexity index is 1090. The van der Waals surface area contributed by atoms with Crippen LogP contribution in [0.2, 0.25) is 0 Å². The summed E-state index contributed by atoms with van der Waals surface area (Å²) in [4.78, 5) is 29.1. The zero-order valence-electron chi connectivity index (χ0n) is 16.4. The first-order valence-corrected chi connectivity index (χ1v) is 9.61. The van der Waals surface area contributed by atoms with Gasteiger partial charge in [0.1, 0.15) is 5.75 Å². The highest BCUT2D eigenvalue weighted by Crippen LogP contribution is 2.23. The first kappa shape index (κ1) is 19.9. The van der Waals surface area contributed by atoms with Crippen LogP contribution in [0.4, 0.5) is 8.78 Å². The van der Waals surface area contributed by atoms with Gasteiger partial charge in [0, 0.05) is 55.9 Å². The van der Waals surface area contributed by atoms with Gasteiger partial charge in [-0.3, -0.25) is 9.59 Å². The van der Waals surface area contributed by atoms with Crippen LogP contribution in [0.1, 0.15) is 20.7 Å². The van der Waals surface area contributed by atoms with Crippen molar-refractivity contribution < 1.29 is 23.1 Å². The van der Waals surface area contributed by atoms with Crippen LogP contribution in [0.3, 0.4) is 0 Å². The monoisotopic (exact) mass is 413 g/mol. The molecule has 0 unspecified atom stereocenters. The lowest BCUT2D eigenvalue weighted by Gasteiger charge is -2.34. The van der Waals surface area contributed by atoms with Gasteiger partial charge in [0.15, 0.2) is 0 Å². The number of carbonyl (C=O) groups excluding carboxylic acids is 2. The van der Waals surface area contributed by atoms with Gasteiger partial charge in [-0.05, 0) is 24.3 Å². The molecule has 3 aromatic rings. The minimum atomic E-state index is -2.95. The summed E-state index contributed by atoms with van der Waals surface area (Å²) in [6.45, 7) is -1.40. The Kier molecular flexibility index (Phi) is 5.39. The second kappa shape index (κ2) is 8.14. The minimum Gasteiger partial charge on any atom is -0.435 e. The molecule has 30 heavy (non-hydrogen) atoms. The predicted octanol–water partition coefficient (Wildman–Crippen LogP) is 3.38.